The summed E-state index contributed by atoms with van der Waals surface area (Å²) in [6.07, 6.45) is 2.21. The molecule has 0 aliphatic heterocycles. The van der Waals surface area contributed by atoms with Crippen LogP contribution in [-0.2, 0) is 17.8 Å². The number of aromatic nitrogens is 1. The predicted molar refractivity (Wildman–Crippen MR) is 101 cm³/mol. The maximum absolute atomic E-state index is 13.4. The fourth-order valence-electron chi connectivity index (χ4n) is 2.99. The van der Waals surface area contributed by atoms with Crippen LogP contribution in [0.2, 0.25) is 0 Å². The lowest BCUT2D eigenvalue weighted by Gasteiger charge is -2.22. The summed E-state index contributed by atoms with van der Waals surface area (Å²) in [6, 6.07) is 12.8. The smallest absolute Gasteiger partial charge is 0.229 e. The predicted octanol–water partition coefficient (Wildman–Crippen LogP) is 4.82. The van der Waals surface area contributed by atoms with Crippen molar-refractivity contribution in [2.24, 2.45) is 0 Å². The van der Waals surface area contributed by atoms with Gasteiger partial charge < -0.3 is 4.90 Å². The van der Waals surface area contributed by atoms with E-state index in [1.165, 1.54) is 35.6 Å². The second kappa shape index (κ2) is 7.56. The van der Waals surface area contributed by atoms with Crippen LogP contribution in [0.15, 0.2) is 53.9 Å². The molecule has 1 saturated carbocycles. The van der Waals surface area contributed by atoms with Crippen molar-refractivity contribution in [3.63, 3.8) is 0 Å². The summed E-state index contributed by atoms with van der Waals surface area (Å²) >= 11 is 1.40. The summed E-state index contributed by atoms with van der Waals surface area (Å²) in [5.74, 6) is -0.576. The van der Waals surface area contributed by atoms with Gasteiger partial charge >= 0.3 is 0 Å². The molecule has 0 atom stereocenters. The molecule has 4 rings (SSSR count). The van der Waals surface area contributed by atoms with Crippen LogP contribution in [0.25, 0.3) is 10.6 Å². The average molecular weight is 384 g/mol. The van der Waals surface area contributed by atoms with Gasteiger partial charge in [-0.15, -0.1) is 11.3 Å². The van der Waals surface area contributed by atoms with E-state index in [0.717, 1.165) is 18.4 Å². The number of benzene rings is 2. The van der Waals surface area contributed by atoms with E-state index in [0.29, 0.717) is 22.8 Å². The minimum atomic E-state index is -0.306. The normalized spacial score (nSPS) is 13.6. The molecule has 0 unspecified atom stereocenters. The lowest BCUT2D eigenvalue weighted by atomic mass is 10.2. The van der Waals surface area contributed by atoms with E-state index in [-0.39, 0.29) is 30.0 Å². The minimum Gasteiger partial charge on any atom is -0.335 e. The molecule has 1 amide bonds. The highest BCUT2D eigenvalue weighted by molar-refractivity contribution is 7.13. The molecule has 0 radical (unpaired) electrons. The zero-order chi connectivity index (χ0) is 18.8. The SMILES string of the molecule is O=C(Cc1csc(-c2cccc(F)c2)n1)N(Cc1ccc(F)cc1)C1CC1. The number of nitrogens with zero attached hydrogens (tertiary/aromatic N) is 2. The summed E-state index contributed by atoms with van der Waals surface area (Å²) in [6.45, 7) is 0.477. The first kappa shape index (κ1) is 17.8. The summed E-state index contributed by atoms with van der Waals surface area (Å²) < 4.78 is 26.5. The van der Waals surface area contributed by atoms with Crippen molar-refractivity contribution in [3.05, 3.63) is 76.8 Å². The molecule has 1 heterocycles. The molecule has 1 aromatic heterocycles. The Bertz CT molecular complexity index is 951. The third kappa shape index (κ3) is 4.39. The highest BCUT2D eigenvalue weighted by Crippen LogP contribution is 2.30. The molecule has 1 aliphatic carbocycles. The van der Waals surface area contributed by atoms with Crippen LogP contribution in [0.4, 0.5) is 8.78 Å². The van der Waals surface area contributed by atoms with E-state index >= 15 is 0 Å². The lowest BCUT2D eigenvalue weighted by Crippen LogP contribution is -2.33. The van der Waals surface area contributed by atoms with E-state index < -0.39 is 0 Å². The van der Waals surface area contributed by atoms with Crippen LogP contribution >= 0.6 is 11.3 Å². The number of amides is 1. The number of halogens is 2. The van der Waals surface area contributed by atoms with E-state index in [4.69, 9.17) is 0 Å². The van der Waals surface area contributed by atoms with Crippen molar-refractivity contribution in [3.8, 4) is 10.6 Å². The molecule has 0 spiro atoms. The van der Waals surface area contributed by atoms with Crippen LogP contribution in [0.5, 0.6) is 0 Å². The van der Waals surface area contributed by atoms with Crippen molar-refractivity contribution in [2.75, 3.05) is 0 Å². The number of hydrogen-bond donors (Lipinski definition) is 0. The quantitative estimate of drug-likeness (QED) is 0.610. The Morgan fingerprint density at radius 1 is 1.11 bits per heavy atom. The fraction of sp³-hybridized carbons (Fsp3) is 0.238. The standard InChI is InChI=1S/C21H18F2N2OS/c22-16-6-4-14(5-7-16)12-25(19-8-9-19)20(26)11-18-13-27-21(24-18)15-2-1-3-17(23)10-15/h1-7,10,13,19H,8-9,11-12H2. The van der Waals surface area contributed by atoms with Crippen molar-refractivity contribution in [2.45, 2.75) is 31.8 Å². The van der Waals surface area contributed by atoms with E-state index in [1.807, 2.05) is 10.3 Å². The first-order valence-corrected chi connectivity index (χ1v) is 9.71. The van der Waals surface area contributed by atoms with Gasteiger partial charge in [-0.25, -0.2) is 13.8 Å². The molecule has 1 fully saturated rings. The largest absolute Gasteiger partial charge is 0.335 e. The van der Waals surface area contributed by atoms with Crippen LogP contribution < -0.4 is 0 Å². The van der Waals surface area contributed by atoms with Crippen molar-refractivity contribution < 1.29 is 13.6 Å². The van der Waals surface area contributed by atoms with E-state index in [9.17, 15) is 13.6 Å². The summed E-state index contributed by atoms with van der Waals surface area (Å²) in [5.41, 5.74) is 2.31. The van der Waals surface area contributed by atoms with Gasteiger partial charge in [-0.2, -0.15) is 0 Å². The van der Waals surface area contributed by atoms with Crippen molar-refractivity contribution in [1.29, 1.82) is 0 Å². The molecule has 6 heteroatoms. The van der Waals surface area contributed by atoms with E-state index in [2.05, 4.69) is 4.98 Å². The highest BCUT2D eigenvalue weighted by Gasteiger charge is 2.32. The van der Waals surface area contributed by atoms with Crippen molar-refractivity contribution >= 4 is 17.2 Å². The first-order chi connectivity index (χ1) is 13.1. The molecule has 27 heavy (non-hydrogen) atoms. The van der Waals surface area contributed by atoms with Gasteiger partial charge in [0.25, 0.3) is 0 Å². The maximum atomic E-state index is 13.4. The Morgan fingerprint density at radius 2 is 1.89 bits per heavy atom. The molecule has 0 saturated heterocycles. The van der Waals surface area contributed by atoms with Crippen LogP contribution in [0.1, 0.15) is 24.1 Å². The molecule has 3 aromatic rings. The Balaban J connectivity index is 1.46. The monoisotopic (exact) mass is 384 g/mol. The maximum Gasteiger partial charge on any atom is 0.229 e. The van der Waals surface area contributed by atoms with Crippen LogP contribution in [-0.4, -0.2) is 21.8 Å². The number of hydrogen-bond acceptors (Lipinski definition) is 3. The van der Waals surface area contributed by atoms with Crippen molar-refractivity contribution in [1.82, 2.24) is 9.88 Å². The zero-order valence-electron chi connectivity index (χ0n) is 14.6. The second-order valence-corrected chi connectivity index (χ2v) is 7.57. The summed E-state index contributed by atoms with van der Waals surface area (Å²) in [7, 11) is 0. The Morgan fingerprint density at radius 3 is 2.59 bits per heavy atom. The summed E-state index contributed by atoms with van der Waals surface area (Å²) in [5, 5.41) is 2.55. The second-order valence-electron chi connectivity index (χ2n) is 6.71. The number of carbonyl (C=O) groups excluding carboxylic acids is 1. The Labute approximate surface area is 160 Å². The van der Waals surface area contributed by atoms with Crippen LogP contribution in [0.3, 0.4) is 0 Å². The fourth-order valence-corrected chi connectivity index (χ4v) is 3.81. The number of carbonyl (C=O) groups is 1. The van der Waals surface area contributed by atoms with E-state index in [1.54, 1.807) is 24.3 Å². The van der Waals surface area contributed by atoms with Gasteiger partial charge in [0.2, 0.25) is 5.91 Å². The molecule has 0 bridgehead atoms. The Hall–Kier alpha value is -2.60. The van der Waals surface area contributed by atoms with Gasteiger partial charge in [0, 0.05) is 23.5 Å². The lowest BCUT2D eigenvalue weighted by molar-refractivity contribution is -0.131. The van der Waals surface area contributed by atoms with Gasteiger partial charge in [-0.1, -0.05) is 24.3 Å². The van der Waals surface area contributed by atoms with Gasteiger partial charge in [0.1, 0.15) is 16.6 Å². The molecule has 138 valence electrons. The molecule has 3 nitrogen and oxygen atoms in total. The minimum absolute atomic E-state index is 0.0120. The molecular weight excluding hydrogens is 366 g/mol. The molecular formula is C21H18F2N2OS. The van der Waals surface area contributed by atoms with Gasteiger partial charge in [0.15, 0.2) is 0 Å². The molecule has 2 aromatic carbocycles. The zero-order valence-corrected chi connectivity index (χ0v) is 15.4. The third-order valence-electron chi connectivity index (χ3n) is 4.53. The Kier molecular flexibility index (Phi) is 4.99. The van der Waals surface area contributed by atoms with Gasteiger partial charge in [-0.05, 0) is 42.7 Å². The van der Waals surface area contributed by atoms with Gasteiger partial charge in [0.05, 0.1) is 12.1 Å². The molecule has 0 N–H and O–H groups in total. The third-order valence-corrected chi connectivity index (χ3v) is 5.47. The molecule has 1 aliphatic rings. The number of rotatable bonds is 6. The average Bonchev–Trinajstić information content (AvgIpc) is 3.39. The highest BCUT2D eigenvalue weighted by atomic mass is 32.1. The summed E-state index contributed by atoms with van der Waals surface area (Å²) in [4.78, 5) is 19.2. The van der Waals surface area contributed by atoms with Gasteiger partial charge in [-0.3, -0.25) is 4.79 Å². The first-order valence-electron chi connectivity index (χ1n) is 8.83. The topological polar surface area (TPSA) is 33.2 Å². The van der Waals surface area contributed by atoms with Crippen LogP contribution in [0, 0.1) is 11.6 Å². The number of thiazole rings is 1.